The van der Waals surface area contributed by atoms with Crippen LogP contribution in [0.3, 0.4) is 0 Å². The molecular formula is C28H25Cl2N3O3. The van der Waals surface area contributed by atoms with Crippen molar-refractivity contribution in [1.29, 1.82) is 0 Å². The van der Waals surface area contributed by atoms with E-state index in [2.05, 4.69) is 10.4 Å². The lowest BCUT2D eigenvalue weighted by Gasteiger charge is -2.14. The maximum atomic E-state index is 11.1. The molecule has 6 nitrogen and oxygen atoms in total. The number of carboxylic acids is 1. The number of hydrogen-bond acceptors (Lipinski definition) is 4. The zero-order chi connectivity index (χ0) is 25.1. The van der Waals surface area contributed by atoms with Crippen LogP contribution >= 0.6 is 23.2 Å². The summed E-state index contributed by atoms with van der Waals surface area (Å²) in [5.41, 5.74) is 5.13. The smallest absolute Gasteiger partial charge is 0.335 e. The molecule has 0 aliphatic heterocycles. The van der Waals surface area contributed by atoms with Crippen molar-refractivity contribution in [1.82, 2.24) is 15.1 Å². The third kappa shape index (κ3) is 5.57. The van der Waals surface area contributed by atoms with Crippen LogP contribution < -0.4 is 10.1 Å². The Bertz CT molecular complexity index is 1360. The molecule has 0 atom stereocenters. The van der Waals surface area contributed by atoms with Gasteiger partial charge in [0.05, 0.1) is 27.5 Å². The number of halogens is 2. The van der Waals surface area contributed by atoms with Crippen LogP contribution in [-0.4, -0.2) is 20.9 Å². The van der Waals surface area contributed by atoms with Crippen molar-refractivity contribution in [2.24, 2.45) is 0 Å². The van der Waals surface area contributed by atoms with Crippen molar-refractivity contribution >= 4 is 29.2 Å². The van der Waals surface area contributed by atoms with Gasteiger partial charge in [0.15, 0.2) is 0 Å². The highest BCUT2D eigenvalue weighted by atomic mass is 35.5. The molecule has 1 heterocycles. The van der Waals surface area contributed by atoms with Gasteiger partial charge in [0.1, 0.15) is 18.0 Å². The van der Waals surface area contributed by atoms with Gasteiger partial charge in [-0.05, 0) is 66.3 Å². The first-order valence-electron chi connectivity index (χ1n) is 11.8. The van der Waals surface area contributed by atoms with E-state index in [-0.39, 0.29) is 0 Å². The van der Waals surface area contributed by atoms with Crippen molar-refractivity contribution in [2.45, 2.75) is 38.5 Å². The minimum Gasteiger partial charge on any atom is -0.487 e. The lowest BCUT2D eigenvalue weighted by atomic mass is 10.1. The van der Waals surface area contributed by atoms with Gasteiger partial charge in [-0.2, -0.15) is 5.10 Å². The number of carbonyl (C=O) groups is 1. The molecule has 36 heavy (non-hydrogen) atoms. The summed E-state index contributed by atoms with van der Waals surface area (Å²) in [5, 5.41) is 18.2. The van der Waals surface area contributed by atoms with Crippen LogP contribution in [0.5, 0.6) is 5.75 Å². The van der Waals surface area contributed by atoms with Crippen molar-refractivity contribution in [3.8, 4) is 11.4 Å². The number of aromatic carboxylic acids is 1. The van der Waals surface area contributed by atoms with Crippen molar-refractivity contribution in [3.63, 3.8) is 0 Å². The molecule has 1 aliphatic rings. The summed E-state index contributed by atoms with van der Waals surface area (Å²) in [6.45, 7) is 1.59. The Hall–Kier alpha value is -3.32. The molecule has 0 saturated heterocycles. The van der Waals surface area contributed by atoms with E-state index in [1.807, 2.05) is 54.7 Å². The summed E-state index contributed by atoms with van der Waals surface area (Å²) < 4.78 is 7.95. The van der Waals surface area contributed by atoms with E-state index in [1.54, 1.807) is 22.9 Å². The molecule has 0 amide bonds. The van der Waals surface area contributed by atoms with E-state index in [1.165, 1.54) is 5.56 Å². The summed E-state index contributed by atoms with van der Waals surface area (Å²) in [7, 11) is 0. The molecule has 1 aliphatic carbocycles. The minimum atomic E-state index is -0.922. The number of aromatic nitrogens is 2. The lowest BCUT2D eigenvalue weighted by Crippen LogP contribution is -2.13. The van der Waals surface area contributed by atoms with Gasteiger partial charge in [-0.1, -0.05) is 53.5 Å². The molecule has 0 spiro atoms. The van der Waals surface area contributed by atoms with Gasteiger partial charge in [-0.15, -0.1) is 0 Å². The fourth-order valence-electron chi connectivity index (χ4n) is 4.17. The topological polar surface area (TPSA) is 76.4 Å². The van der Waals surface area contributed by atoms with E-state index in [9.17, 15) is 4.79 Å². The Morgan fingerprint density at radius 1 is 1.00 bits per heavy atom. The Morgan fingerprint density at radius 2 is 1.69 bits per heavy atom. The minimum absolute atomic E-state index is 0.291. The van der Waals surface area contributed by atoms with Gasteiger partial charge >= 0.3 is 5.97 Å². The number of benzene rings is 3. The SMILES string of the molecule is O=C(O)c1cccc(CNCc2ccc(OCc3c(C4CC4)cnn3-c3c(Cl)cccc3Cl)cc2)c1. The van der Waals surface area contributed by atoms with E-state index in [0.29, 0.717) is 46.9 Å². The van der Waals surface area contributed by atoms with Crippen LogP contribution in [0, 0.1) is 0 Å². The molecule has 1 saturated carbocycles. The Kier molecular flexibility index (Phi) is 7.28. The molecule has 1 aromatic heterocycles. The first kappa shape index (κ1) is 24.4. The molecule has 1 fully saturated rings. The quantitative estimate of drug-likeness (QED) is 0.245. The summed E-state index contributed by atoms with van der Waals surface area (Å²) in [5.74, 6) is 0.339. The largest absolute Gasteiger partial charge is 0.487 e. The van der Waals surface area contributed by atoms with Crippen LogP contribution in [-0.2, 0) is 19.7 Å². The molecule has 184 valence electrons. The molecule has 0 bridgehead atoms. The number of hydrogen-bond donors (Lipinski definition) is 2. The second kappa shape index (κ2) is 10.7. The van der Waals surface area contributed by atoms with Crippen LogP contribution in [0.2, 0.25) is 10.0 Å². The Labute approximate surface area is 219 Å². The first-order valence-corrected chi connectivity index (χ1v) is 12.5. The third-order valence-corrected chi connectivity index (χ3v) is 6.81. The average Bonchev–Trinajstić information content (AvgIpc) is 3.64. The number of nitrogens with zero attached hydrogens (tertiary/aromatic N) is 2. The molecule has 3 aromatic carbocycles. The highest BCUT2D eigenvalue weighted by Gasteiger charge is 2.30. The number of nitrogens with one attached hydrogen (secondary N) is 1. The second-order valence-electron chi connectivity index (χ2n) is 8.84. The van der Waals surface area contributed by atoms with E-state index < -0.39 is 5.97 Å². The van der Waals surface area contributed by atoms with E-state index in [0.717, 1.165) is 35.4 Å². The van der Waals surface area contributed by atoms with Gasteiger partial charge in [0.2, 0.25) is 0 Å². The van der Waals surface area contributed by atoms with Crippen molar-refractivity contribution in [2.75, 3.05) is 0 Å². The Morgan fingerprint density at radius 3 is 2.39 bits per heavy atom. The third-order valence-electron chi connectivity index (χ3n) is 6.20. The van der Waals surface area contributed by atoms with E-state index >= 15 is 0 Å². The first-order chi connectivity index (χ1) is 17.5. The predicted molar refractivity (Wildman–Crippen MR) is 140 cm³/mol. The van der Waals surface area contributed by atoms with E-state index in [4.69, 9.17) is 33.0 Å². The van der Waals surface area contributed by atoms with Gasteiger partial charge in [-0.25, -0.2) is 9.48 Å². The molecule has 8 heteroatoms. The number of rotatable bonds is 10. The maximum Gasteiger partial charge on any atom is 0.335 e. The summed E-state index contributed by atoms with van der Waals surface area (Å²) in [4.78, 5) is 11.1. The van der Waals surface area contributed by atoms with Crippen molar-refractivity contribution in [3.05, 3.63) is 111 Å². The fraction of sp³-hybridized carbons (Fsp3) is 0.214. The summed E-state index contributed by atoms with van der Waals surface area (Å²) >= 11 is 12.9. The zero-order valence-electron chi connectivity index (χ0n) is 19.5. The highest BCUT2D eigenvalue weighted by molar-refractivity contribution is 6.37. The molecule has 5 rings (SSSR count). The number of para-hydroxylation sites is 1. The predicted octanol–water partition coefficient (Wildman–Crippen LogP) is 6.62. The van der Waals surface area contributed by atoms with Crippen LogP contribution in [0.4, 0.5) is 0 Å². The van der Waals surface area contributed by atoms with Gasteiger partial charge in [-0.3, -0.25) is 0 Å². The van der Waals surface area contributed by atoms with Crippen LogP contribution in [0.1, 0.15) is 51.5 Å². The monoisotopic (exact) mass is 521 g/mol. The maximum absolute atomic E-state index is 11.1. The van der Waals surface area contributed by atoms with Gasteiger partial charge in [0.25, 0.3) is 0 Å². The lowest BCUT2D eigenvalue weighted by molar-refractivity contribution is 0.0696. The molecule has 0 radical (unpaired) electrons. The summed E-state index contributed by atoms with van der Waals surface area (Å²) in [6, 6.07) is 20.3. The zero-order valence-corrected chi connectivity index (χ0v) is 21.0. The number of ether oxygens (including phenoxy) is 1. The van der Waals surface area contributed by atoms with Crippen LogP contribution in [0.15, 0.2) is 72.9 Å². The fourth-order valence-corrected chi connectivity index (χ4v) is 4.73. The molecule has 0 unspecified atom stereocenters. The van der Waals surface area contributed by atoms with Crippen molar-refractivity contribution < 1.29 is 14.6 Å². The summed E-state index contributed by atoms with van der Waals surface area (Å²) in [6.07, 6.45) is 4.20. The standard InChI is InChI=1S/C28H25Cl2N3O3/c29-24-5-2-6-25(30)27(24)33-26(23(16-32-33)20-9-10-20)17-36-22-11-7-18(8-12-22)14-31-15-19-3-1-4-21(13-19)28(34)35/h1-8,11-13,16,20,31H,9-10,14-15,17H2,(H,34,35). The normalized spacial score (nSPS) is 13.1. The Balaban J connectivity index is 1.23. The van der Waals surface area contributed by atoms with Gasteiger partial charge < -0.3 is 15.2 Å². The average molecular weight is 522 g/mol. The molecular weight excluding hydrogens is 497 g/mol. The molecule has 4 aromatic rings. The van der Waals surface area contributed by atoms with Gasteiger partial charge in [0, 0.05) is 18.7 Å². The molecule has 2 N–H and O–H groups in total. The number of carboxylic acid groups (broad SMARTS) is 1. The second-order valence-corrected chi connectivity index (χ2v) is 9.66. The highest BCUT2D eigenvalue weighted by Crippen LogP contribution is 2.43. The van der Waals surface area contributed by atoms with Crippen LogP contribution in [0.25, 0.3) is 5.69 Å².